The number of carboxylic acids is 1. The molecule has 1 aromatic rings. The molecule has 0 aromatic heterocycles. The fraction of sp³-hybridized carbons (Fsp3) is 0.364. The largest absolute Gasteiger partial charge is 0.480 e. The molecule has 0 fully saturated rings. The number of hydrogen-bond donors (Lipinski definition) is 1. The SMILES string of the molecule is CCSC(C)(C(=O)O)c1cccc(Cl)c1. The topological polar surface area (TPSA) is 37.3 Å². The van der Waals surface area contributed by atoms with E-state index in [4.69, 9.17) is 11.6 Å². The lowest BCUT2D eigenvalue weighted by molar-refractivity contribution is -0.139. The minimum Gasteiger partial charge on any atom is -0.480 e. The van der Waals surface area contributed by atoms with Crippen LogP contribution in [0.4, 0.5) is 0 Å². The van der Waals surface area contributed by atoms with E-state index < -0.39 is 10.7 Å². The van der Waals surface area contributed by atoms with Crippen LogP contribution in [-0.2, 0) is 9.54 Å². The Morgan fingerprint density at radius 1 is 1.60 bits per heavy atom. The number of hydrogen-bond acceptors (Lipinski definition) is 2. The highest BCUT2D eigenvalue weighted by Gasteiger charge is 2.35. The molecule has 4 heteroatoms. The van der Waals surface area contributed by atoms with E-state index in [0.29, 0.717) is 5.02 Å². The first-order chi connectivity index (χ1) is 7.00. The van der Waals surface area contributed by atoms with Gasteiger partial charge in [0, 0.05) is 5.02 Å². The van der Waals surface area contributed by atoms with E-state index in [-0.39, 0.29) is 0 Å². The predicted molar refractivity (Wildman–Crippen MR) is 64.6 cm³/mol. The van der Waals surface area contributed by atoms with Crippen molar-refractivity contribution in [2.45, 2.75) is 18.6 Å². The molecule has 15 heavy (non-hydrogen) atoms. The van der Waals surface area contributed by atoms with Crippen LogP contribution >= 0.6 is 23.4 Å². The summed E-state index contributed by atoms with van der Waals surface area (Å²) in [6.45, 7) is 3.64. The van der Waals surface area contributed by atoms with Crippen LogP contribution < -0.4 is 0 Å². The Morgan fingerprint density at radius 3 is 2.73 bits per heavy atom. The summed E-state index contributed by atoms with van der Waals surface area (Å²) in [6.07, 6.45) is 0. The van der Waals surface area contributed by atoms with E-state index in [1.165, 1.54) is 11.8 Å². The van der Waals surface area contributed by atoms with Crippen molar-refractivity contribution in [1.82, 2.24) is 0 Å². The summed E-state index contributed by atoms with van der Waals surface area (Å²) in [6, 6.07) is 7.01. The van der Waals surface area contributed by atoms with Crippen molar-refractivity contribution in [2.24, 2.45) is 0 Å². The standard InChI is InChI=1S/C11H13ClO2S/c1-3-15-11(2,10(13)14)8-5-4-6-9(12)7-8/h4-7H,3H2,1-2H3,(H,13,14). The molecule has 2 nitrogen and oxygen atoms in total. The predicted octanol–water partition coefficient (Wildman–Crippen LogP) is 3.39. The number of halogens is 1. The first kappa shape index (κ1) is 12.4. The van der Waals surface area contributed by atoms with E-state index in [1.54, 1.807) is 31.2 Å². The minimum absolute atomic E-state index is 0.566. The van der Waals surface area contributed by atoms with Gasteiger partial charge in [-0.25, -0.2) is 0 Å². The molecule has 0 heterocycles. The fourth-order valence-electron chi connectivity index (χ4n) is 1.34. The highest BCUT2D eigenvalue weighted by molar-refractivity contribution is 8.00. The number of aliphatic carboxylic acids is 1. The van der Waals surface area contributed by atoms with Crippen LogP contribution in [0.1, 0.15) is 19.4 Å². The van der Waals surface area contributed by atoms with Gasteiger partial charge in [0.15, 0.2) is 0 Å². The molecule has 0 spiro atoms. The zero-order valence-electron chi connectivity index (χ0n) is 8.66. The maximum absolute atomic E-state index is 11.3. The molecule has 0 bridgehead atoms. The van der Waals surface area contributed by atoms with Gasteiger partial charge in [-0.3, -0.25) is 4.79 Å². The lowest BCUT2D eigenvalue weighted by Crippen LogP contribution is -2.28. The second kappa shape index (κ2) is 4.90. The highest BCUT2D eigenvalue weighted by atomic mass is 35.5. The molecule has 0 aliphatic heterocycles. The summed E-state index contributed by atoms with van der Waals surface area (Å²) in [5.41, 5.74) is 0.731. The molecule has 1 rings (SSSR count). The summed E-state index contributed by atoms with van der Waals surface area (Å²) < 4.78 is -0.917. The van der Waals surface area contributed by atoms with Crippen LogP contribution in [0.5, 0.6) is 0 Å². The van der Waals surface area contributed by atoms with Crippen molar-refractivity contribution in [3.63, 3.8) is 0 Å². The average molecular weight is 245 g/mol. The Morgan fingerprint density at radius 2 is 2.27 bits per heavy atom. The van der Waals surface area contributed by atoms with Gasteiger partial charge in [-0.05, 0) is 30.4 Å². The van der Waals surface area contributed by atoms with Crippen molar-refractivity contribution in [1.29, 1.82) is 0 Å². The van der Waals surface area contributed by atoms with Gasteiger partial charge in [0.25, 0.3) is 0 Å². The summed E-state index contributed by atoms with van der Waals surface area (Å²) in [4.78, 5) is 11.3. The van der Waals surface area contributed by atoms with Crippen molar-refractivity contribution in [2.75, 3.05) is 5.75 Å². The van der Waals surface area contributed by atoms with Gasteiger partial charge < -0.3 is 5.11 Å². The van der Waals surface area contributed by atoms with Gasteiger partial charge in [0.1, 0.15) is 4.75 Å². The van der Waals surface area contributed by atoms with Crippen molar-refractivity contribution in [3.05, 3.63) is 34.9 Å². The Balaban J connectivity index is 3.15. The average Bonchev–Trinajstić information content (AvgIpc) is 2.17. The molecule has 0 aliphatic rings. The van der Waals surface area contributed by atoms with Crippen LogP contribution in [0.3, 0.4) is 0 Å². The number of carbonyl (C=O) groups is 1. The first-order valence-electron chi connectivity index (χ1n) is 4.64. The monoisotopic (exact) mass is 244 g/mol. The normalized spacial score (nSPS) is 14.6. The van der Waals surface area contributed by atoms with E-state index in [0.717, 1.165) is 11.3 Å². The zero-order chi connectivity index (χ0) is 11.5. The number of rotatable bonds is 4. The quantitative estimate of drug-likeness (QED) is 0.882. The lowest BCUT2D eigenvalue weighted by Gasteiger charge is -2.24. The van der Waals surface area contributed by atoms with Crippen LogP contribution in [0.25, 0.3) is 0 Å². The Kier molecular flexibility index (Phi) is 4.05. The number of thioether (sulfide) groups is 1. The molecule has 0 saturated heterocycles. The molecule has 82 valence electrons. The van der Waals surface area contributed by atoms with Crippen LogP contribution in [-0.4, -0.2) is 16.8 Å². The first-order valence-corrected chi connectivity index (χ1v) is 6.00. The molecule has 1 aromatic carbocycles. The Labute approximate surface area is 98.6 Å². The van der Waals surface area contributed by atoms with Crippen molar-refractivity contribution >= 4 is 29.3 Å². The van der Waals surface area contributed by atoms with Gasteiger partial charge in [-0.1, -0.05) is 30.7 Å². The van der Waals surface area contributed by atoms with Gasteiger partial charge >= 0.3 is 5.97 Å². The molecule has 0 saturated carbocycles. The fourth-order valence-corrected chi connectivity index (χ4v) is 2.53. The van der Waals surface area contributed by atoms with Crippen LogP contribution in [0.2, 0.25) is 5.02 Å². The second-order valence-corrected chi connectivity index (χ2v) is 5.40. The molecule has 0 amide bonds. The third-order valence-electron chi connectivity index (χ3n) is 2.22. The lowest BCUT2D eigenvalue weighted by atomic mass is 10.0. The Bertz CT molecular complexity index is 367. The summed E-state index contributed by atoms with van der Waals surface area (Å²) in [5.74, 6) is -0.0911. The zero-order valence-corrected chi connectivity index (χ0v) is 10.2. The molecular weight excluding hydrogens is 232 g/mol. The minimum atomic E-state index is -0.917. The van der Waals surface area contributed by atoms with Gasteiger partial charge in [0.05, 0.1) is 0 Å². The molecule has 1 atom stereocenters. The smallest absolute Gasteiger partial charge is 0.324 e. The molecule has 0 aliphatic carbocycles. The van der Waals surface area contributed by atoms with E-state index in [2.05, 4.69) is 0 Å². The van der Waals surface area contributed by atoms with Gasteiger partial charge in [-0.15, -0.1) is 11.8 Å². The van der Waals surface area contributed by atoms with E-state index >= 15 is 0 Å². The maximum atomic E-state index is 11.3. The molecule has 1 unspecified atom stereocenters. The maximum Gasteiger partial charge on any atom is 0.324 e. The highest BCUT2D eigenvalue weighted by Crippen LogP contribution is 2.37. The van der Waals surface area contributed by atoms with Crippen LogP contribution in [0, 0.1) is 0 Å². The summed E-state index contributed by atoms with van der Waals surface area (Å²) >= 11 is 7.24. The number of benzene rings is 1. The van der Waals surface area contributed by atoms with Gasteiger partial charge in [-0.2, -0.15) is 0 Å². The third kappa shape index (κ3) is 2.67. The molecule has 0 radical (unpaired) electrons. The molecular formula is C11H13ClO2S. The molecule has 1 N–H and O–H groups in total. The third-order valence-corrected chi connectivity index (χ3v) is 3.73. The van der Waals surface area contributed by atoms with Crippen molar-refractivity contribution in [3.8, 4) is 0 Å². The Hall–Kier alpha value is -0.670. The van der Waals surface area contributed by atoms with E-state index in [9.17, 15) is 9.90 Å². The summed E-state index contributed by atoms with van der Waals surface area (Å²) in [7, 11) is 0. The van der Waals surface area contributed by atoms with Gasteiger partial charge in [0.2, 0.25) is 0 Å². The van der Waals surface area contributed by atoms with Crippen LogP contribution in [0.15, 0.2) is 24.3 Å². The van der Waals surface area contributed by atoms with Crippen molar-refractivity contribution < 1.29 is 9.90 Å². The van der Waals surface area contributed by atoms with E-state index in [1.807, 2.05) is 6.92 Å². The summed E-state index contributed by atoms with van der Waals surface area (Å²) in [5, 5.41) is 9.81. The second-order valence-electron chi connectivity index (χ2n) is 3.28. The number of carboxylic acid groups (broad SMARTS) is 1.